The van der Waals surface area contributed by atoms with Gasteiger partial charge in [-0.1, -0.05) is 123 Å². The van der Waals surface area contributed by atoms with E-state index in [4.69, 9.17) is 9.97 Å². The first-order valence-corrected chi connectivity index (χ1v) is 21.9. The Morgan fingerprint density at radius 2 is 0.836 bits per heavy atom. The summed E-state index contributed by atoms with van der Waals surface area (Å²) in [6.07, 6.45) is 0. The summed E-state index contributed by atoms with van der Waals surface area (Å²) >= 11 is 0. The van der Waals surface area contributed by atoms with Crippen LogP contribution in [0.25, 0.3) is 99.4 Å². The summed E-state index contributed by atoms with van der Waals surface area (Å²) in [6.45, 7) is 21.0. The van der Waals surface area contributed by atoms with E-state index in [1.165, 1.54) is 98.5 Å². The van der Waals surface area contributed by atoms with Gasteiger partial charge in [-0.15, -0.1) is 0 Å². The molecular weight excluding hydrogens is 743 g/mol. The molecule has 0 saturated carbocycles. The van der Waals surface area contributed by atoms with Crippen LogP contribution in [0, 0.1) is 0 Å². The maximum atomic E-state index is 5.75. The Labute approximate surface area is 353 Å². The molecule has 0 amide bonds. The molecule has 2 aliphatic heterocycles. The number of fused-ring (bicyclic) bond motifs is 2. The number of nitrogens with zero attached hydrogens (tertiary/aromatic N) is 6. The Morgan fingerprint density at radius 1 is 0.426 bits per heavy atom. The third kappa shape index (κ3) is 4.02. The number of aromatic nitrogens is 6. The van der Waals surface area contributed by atoms with E-state index in [9.17, 15) is 0 Å². The van der Waals surface area contributed by atoms with E-state index in [1.54, 1.807) is 0 Å². The van der Waals surface area contributed by atoms with Crippen molar-refractivity contribution in [2.24, 2.45) is 0 Å². The Bertz CT molecular complexity index is 3720. The van der Waals surface area contributed by atoms with Crippen LogP contribution >= 0.6 is 0 Å². The van der Waals surface area contributed by atoms with E-state index in [2.05, 4.69) is 189 Å². The summed E-state index contributed by atoms with van der Waals surface area (Å²) in [5, 5.41) is 7.76. The van der Waals surface area contributed by atoms with Crippen molar-refractivity contribution in [2.75, 3.05) is 0 Å². The second kappa shape index (κ2) is 10.5. The van der Waals surface area contributed by atoms with Crippen molar-refractivity contribution >= 4 is 111 Å². The van der Waals surface area contributed by atoms with Gasteiger partial charge in [0.15, 0.2) is 0 Å². The highest BCUT2D eigenvalue weighted by Gasteiger charge is 2.43. The van der Waals surface area contributed by atoms with Crippen LogP contribution < -0.4 is 16.4 Å². The third-order valence-corrected chi connectivity index (χ3v) is 14.4. The second-order valence-electron chi connectivity index (χ2n) is 21.2. The number of hydrogen-bond acceptors (Lipinski definition) is 2. The van der Waals surface area contributed by atoms with Crippen LogP contribution in [0.5, 0.6) is 0 Å². The van der Waals surface area contributed by atoms with Crippen LogP contribution in [-0.2, 0) is 16.2 Å². The summed E-state index contributed by atoms with van der Waals surface area (Å²) in [6, 6.07) is 41.5. The first-order chi connectivity index (χ1) is 29.2. The van der Waals surface area contributed by atoms with E-state index < -0.39 is 0 Å². The van der Waals surface area contributed by atoms with Crippen LogP contribution in [-0.4, -0.2) is 34.6 Å². The lowest BCUT2D eigenvalue weighted by atomic mass is 9.34. The Kier molecular flexibility index (Phi) is 5.86. The van der Waals surface area contributed by atoms with Crippen molar-refractivity contribution in [3.05, 3.63) is 126 Å². The van der Waals surface area contributed by atoms with E-state index in [1.807, 2.05) is 0 Å². The molecule has 0 spiro atoms. The number of hydrogen-bond donors (Lipinski definition) is 0. The van der Waals surface area contributed by atoms with E-state index in [0.717, 1.165) is 34.0 Å². The van der Waals surface area contributed by atoms with Crippen LogP contribution in [0.4, 0.5) is 0 Å². The van der Waals surface area contributed by atoms with Crippen LogP contribution in [0.2, 0.25) is 0 Å². The Hall–Kier alpha value is -6.60. The van der Waals surface area contributed by atoms with Gasteiger partial charge in [-0.05, 0) is 114 Å². The Morgan fingerprint density at radius 3 is 1.25 bits per heavy atom. The van der Waals surface area contributed by atoms with E-state index in [0.29, 0.717) is 0 Å². The smallest absolute Gasteiger partial charge is 0.252 e. The lowest BCUT2D eigenvalue weighted by Crippen LogP contribution is -2.58. The predicted molar refractivity (Wildman–Crippen MR) is 257 cm³/mol. The first-order valence-electron chi connectivity index (χ1n) is 21.9. The first kappa shape index (κ1) is 34.2. The zero-order chi connectivity index (χ0) is 41.4. The van der Waals surface area contributed by atoms with Gasteiger partial charge in [-0.2, -0.15) is 0 Å². The van der Waals surface area contributed by atoms with Gasteiger partial charge in [0, 0.05) is 27.5 Å². The van der Waals surface area contributed by atoms with Crippen molar-refractivity contribution in [3.8, 4) is 11.4 Å². The molecule has 12 aromatic rings. The predicted octanol–water partition coefficient (Wildman–Crippen LogP) is 11.1. The molecule has 0 saturated heterocycles. The van der Waals surface area contributed by atoms with Gasteiger partial charge in [0.05, 0.1) is 44.1 Å². The van der Waals surface area contributed by atoms with Crippen LogP contribution in [0.15, 0.2) is 109 Å². The minimum atomic E-state index is -0.0848. The third-order valence-electron chi connectivity index (χ3n) is 14.4. The van der Waals surface area contributed by atoms with Gasteiger partial charge >= 0.3 is 0 Å². The highest BCUT2D eigenvalue weighted by molar-refractivity contribution is 7.01. The summed E-state index contributed by atoms with van der Waals surface area (Å²) in [7, 11) is 0. The zero-order valence-electron chi connectivity index (χ0n) is 36.2. The van der Waals surface area contributed by atoms with Crippen molar-refractivity contribution in [1.82, 2.24) is 27.9 Å². The van der Waals surface area contributed by atoms with Crippen molar-refractivity contribution in [2.45, 2.75) is 78.6 Å². The molecule has 61 heavy (non-hydrogen) atoms. The van der Waals surface area contributed by atoms with Gasteiger partial charge in [0.25, 0.3) is 6.71 Å². The molecule has 0 N–H and O–H groups in total. The average Bonchev–Trinajstić information content (AvgIpc) is 3.80. The highest BCUT2D eigenvalue weighted by atomic mass is 15.2. The molecule has 294 valence electrons. The average molecular weight is 789 g/mol. The fourth-order valence-corrected chi connectivity index (χ4v) is 11.5. The normalized spacial score (nSPS) is 14.3. The standard InChI is InChI=1S/C54H45BN6/c1-52(2,3)30-20-28-22-39-42-44-41(28)29(21-30)23-40-43(44)49-45-48(42)60-46-35(24-31(53(4,5)6)26-37(46)56-50(60)58(39)33-16-12-10-13-17-33)55(45)36-25-32(54(7,8)9)27-38-47(36)61(49)51(57-38)59(40)34-18-14-11-15-19-34/h10-27H,1-9H3. The molecule has 0 bridgehead atoms. The monoisotopic (exact) mass is 788 g/mol. The maximum absolute atomic E-state index is 5.75. The molecular formula is C54H45BN6. The molecule has 7 heteroatoms. The van der Waals surface area contributed by atoms with Crippen LogP contribution in [0.1, 0.15) is 79.0 Å². The molecule has 2 aliphatic rings. The quantitative estimate of drug-likeness (QED) is 0.0995. The molecule has 0 radical (unpaired) electrons. The summed E-state index contributed by atoms with van der Waals surface area (Å²) in [5.41, 5.74) is 19.4. The minimum absolute atomic E-state index is 0.0182. The number of rotatable bonds is 2. The topological polar surface area (TPSA) is 44.5 Å². The largest absolute Gasteiger partial charge is 0.280 e. The van der Waals surface area contributed by atoms with Crippen molar-refractivity contribution in [1.29, 1.82) is 0 Å². The minimum Gasteiger partial charge on any atom is -0.280 e. The lowest BCUT2D eigenvalue weighted by Gasteiger charge is -2.34. The highest BCUT2D eigenvalue weighted by Crippen LogP contribution is 2.49. The van der Waals surface area contributed by atoms with Gasteiger partial charge in [-0.3, -0.25) is 17.9 Å². The number of para-hydroxylation sites is 2. The van der Waals surface area contributed by atoms with Gasteiger partial charge in [0.1, 0.15) is 0 Å². The SMILES string of the molecule is CC(C)(C)c1cc2cc3c4c5c2c(c1)cc1c5c2c5c4n4c6c(cc(C(C)(C)C)cc6nc4n3-c3ccccc3)B5c3cc(C(C)(C)C)cc4nc(n1-c1ccccc1)n2c34. The van der Waals surface area contributed by atoms with E-state index in [-0.39, 0.29) is 23.0 Å². The summed E-state index contributed by atoms with van der Waals surface area (Å²) in [5.74, 6) is 1.89. The van der Waals surface area contributed by atoms with Crippen molar-refractivity contribution in [3.63, 3.8) is 0 Å². The van der Waals surface area contributed by atoms with Gasteiger partial charge in [0.2, 0.25) is 11.6 Å². The molecule has 0 atom stereocenters. The molecule has 4 aromatic heterocycles. The van der Waals surface area contributed by atoms with Gasteiger partial charge in [-0.25, -0.2) is 9.97 Å². The molecule has 0 aliphatic carbocycles. The molecule has 0 unspecified atom stereocenters. The fraction of sp³-hybridized carbons (Fsp3) is 0.222. The van der Waals surface area contributed by atoms with Crippen molar-refractivity contribution < 1.29 is 0 Å². The maximum Gasteiger partial charge on any atom is 0.252 e. The number of imidazole rings is 2. The molecule has 14 rings (SSSR count). The van der Waals surface area contributed by atoms with Crippen LogP contribution in [0.3, 0.4) is 0 Å². The lowest BCUT2D eigenvalue weighted by molar-refractivity contribution is 0.591. The molecule has 0 fully saturated rings. The summed E-state index contributed by atoms with van der Waals surface area (Å²) in [4.78, 5) is 11.5. The zero-order valence-corrected chi connectivity index (χ0v) is 36.2. The van der Waals surface area contributed by atoms with Gasteiger partial charge < -0.3 is 0 Å². The fourth-order valence-electron chi connectivity index (χ4n) is 11.5. The van der Waals surface area contributed by atoms with E-state index >= 15 is 0 Å². The molecule has 6 nitrogen and oxygen atoms in total. The second-order valence-corrected chi connectivity index (χ2v) is 21.2. The number of benzene rings is 8. The Balaban J connectivity index is 1.38. The molecule has 8 aromatic carbocycles. The summed E-state index contributed by atoms with van der Waals surface area (Å²) < 4.78 is 10.0. The molecule has 6 heterocycles.